The summed E-state index contributed by atoms with van der Waals surface area (Å²) in [6, 6.07) is 0. The Hall–Kier alpha value is -0.910. The van der Waals surface area contributed by atoms with Crippen molar-refractivity contribution >= 4 is 16.8 Å². The zero-order chi connectivity index (χ0) is 6.28. The molecule has 0 rings (SSSR count). The lowest BCUT2D eigenvalue weighted by Crippen LogP contribution is -1.81. The average molecular weight is 123 g/mol. The van der Waals surface area contributed by atoms with Crippen LogP contribution >= 0.6 is 0 Å². The van der Waals surface area contributed by atoms with E-state index in [2.05, 4.69) is 5.73 Å². The van der Waals surface area contributed by atoms with Crippen molar-refractivity contribution in [2.24, 2.45) is 5.73 Å². The molecule has 0 aromatic heterocycles. The van der Waals surface area contributed by atoms with Gasteiger partial charge in [-0.05, 0) is 0 Å². The van der Waals surface area contributed by atoms with Crippen LogP contribution in [-0.4, -0.2) is 14.8 Å². The molecule has 0 unspecified atom stereocenters. The molecule has 0 heterocycles. The first kappa shape index (κ1) is 9.43. The third kappa shape index (κ3) is 58.7. The van der Waals surface area contributed by atoms with E-state index in [9.17, 15) is 0 Å². The van der Waals surface area contributed by atoms with E-state index >= 15 is 0 Å². The van der Waals surface area contributed by atoms with Crippen molar-refractivity contribution in [1.82, 2.24) is 0 Å². The first-order chi connectivity index (χ1) is 3.15. The molecule has 0 fully saturated rings. The molecule has 0 aliphatic carbocycles. The summed E-state index contributed by atoms with van der Waals surface area (Å²) in [6.45, 7) is 0. The van der Waals surface area contributed by atoms with Crippen LogP contribution in [0, 0.1) is 10.2 Å². The van der Waals surface area contributed by atoms with Crippen molar-refractivity contribution in [1.29, 1.82) is 10.2 Å². The fraction of sp³-hybridized carbons (Fsp3) is 0. The standard InChI is InChI=1S/CH4N2.HNO2S/c2-1-3;1-4(2)3/h1H,(H3,2,3);1H. The van der Waals surface area contributed by atoms with E-state index < -0.39 is 10.5 Å². The summed E-state index contributed by atoms with van der Waals surface area (Å²) >= 11 is 0. The molecular weight excluding hydrogens is 118 g/mol. The second-order valence-corrected chi connectivity index (χ2v) is 0.871. The van der Waals surface area contributed by atoms with Crippen LogP contribution in [0.4, 0.5) is 0 Å². The monoisotopic (exact) mass is 123 g/mol. The Labute approximate surface area is 42.2 Å². The highest BCUT2D eigenvalue weighted by Gasteiger charge is 1.32. The largest absolute Gasteiger partial charge is 0.390 e. The minimum Gasteiger partial charge on any atom is -0.390 e. The van der Waals surface area contributed by atoms with E-state index in [0.717, 1.165) is 6.34 Å². The molecule has 0 bridgehead atoms. The number of hydrogen-bond acceptors (Lipinski definition) is 4. The second kappa shape index (κ2) is 8.92. The van der Waals surface area contributed by atoms with Gasteiger partial charge in [-0.25, -0.2) is 0 Å². The van der Waals surface area contributed by atoms with Gasteiger partial charge in [0.15, 0.2) is 0 Å². The summed E-state index contributed by atoms with van der Waals surface area (Å²) in [5, 5.41) is 5.86. The van der Waals surface area contributed by atoms with Crippen molar-refractivity contribution in [2.75, 3.05) is 0 Å². The normalized spacial score (nSPS) is 5.14. The van der Waals surface area contributed by atoms with Gasteiger partial charge in [0.25, 0.3) is 0 Å². The lowest BCUT2D eigenvalue weighted by molar-refractivity contribution is 0.620. The highest BCUT2D eigenvalue weighted by atomic mass is 32.2. The van der Waals surface area contributed by atoms with Gasteiger partial charge in [-0.15, -0.1) is 0 Å². The number of nitrogens with one attached hydrogen (secondary N) is 2. The maximum Gasteiger partial charge on any atom is 0.308 e. The molecule has 0 amide bonds. The van der Waals surface area contributed by atoms with Crippen molar-refractivity contribution in [3.8, 4) is 0 Å². The van der Waals surface area contributed by atoms with Gasteiger partial charge >= 0.3 is 10.5 Å². The molecule has 0 atom stereocenters. The van der Waals surface area contributed by atoms with E-state index in [1.54, 1.807) is 0 Å². The van der Waals surface area contributed by atoms with Crippen molar-refractivity contribution < 1.29 is 8.42 Å². The fourth-order valence-electron chi connectivity index (χ4n) is 0. The molecule has 0 saturated carbocycles. The zero-order valence-corrected chi connectivity index (χ0v) is 4.20. The third-order valence-electron chi connectivity index (χ3n) is 0. The van der Waals surface area contributed by atoms with Crippen LogP contribution in [0.2, 0.25) is 0 Å². The minimum atomic E-state index is -2.61. The Morgan fingerprint density at radius 2 is 1.57 bits per heavy atom. The maximum absolute atomic E-state index is 8.67. The van der Waals surface area contributed by atoms with Crippen molar-refractivity contribution in [3.63, 3.8) is 0 Å². The summed E-state index contributed by atoms with van der Waals surface area (Å²) < 4.78 is 22.8. The molecule has 0 radical (unpaired) electrons. The molecule has 4 N–H and O–H groups in total. The van der Waals surface area contributed by atoms with Crippen LogP contribution < -0.4 is 5.73 Å². The van der Waals surface area contributed by atoms with Gasteiger partial charge in [-0.1, -0.05) is 0 Å². The Balaban J connectivity index is 0. The van der Waals surface area contributed by atoms with E-state index in [0.29, 0.717) is 0 Å². The van der Waals surface area contributed by atoms with Crippen LogP contribution in [0.15, 0.2) is 0 Å². The number of rotatable bonds is 0. The zero-order valence-electron chi connectivity index (χ0n) is 3.38. The van der Waals surface area contributed by atoms with Crippen molar-refractivity contribution in [2.45, 2.75) is 0 Å². The smallest absolute Gasteiger partial charge is 0.308 e. The fourth-order valence-corrected chi connectivity index (χ4v) is 0. The van der Waals surface area contributed by atoms with E-state index in [4.69, 9.17) is 18.6 Å². The minimum absolute atomic E-state index is 0.750. The van der Waals surface area contributed by atoms with E-state index in [1.807, 2.05) is 0 Å². The summed E-state index contributed by atoms with van der Waals surface area (Å²) in [4.78, 5) is 0. The quantitative estimate of drug-likeness (QED) is 0.289. The van der Waals surface area contributed by atoms with Crippen LogP contribution in [0.5, 0.6) is 0 Å². The average Bonchev–Trinajstić information content (AvgIpc) is 1.33. The molecule has 0 saturated heterocycles. The van der Waals surface area contributed by atoms with Gasteiger partial charge < -0.3 is 5.73 Å². The predicted octanol–water partition coefficient (Wildman–Crippen LogP) is -0.820. The number of nitrogens with two attached hydrogens (primary N) is 1. The maximum atomic E-state index is 8.67. The SMILES string of the molecule is N=CN.N=S(=O)=O. The van der Waals surface area contributed by atoms with E-state index in [1.165, 1.54) is 0 Å². The third-order valence-corrected chi connectivity index (χ3v) is 0. The van der Waals surface area contributed by atoms with Crippen LogP contribution in [0.1, 0.15) is 0 Å². The number of hydrogen-bond donors (Lipinski definition) is 3. The molecule has 0 aromatic carbocycles. The Morgan fingerprint density at radius 3 is 1.57 bits per heavy atom. The van der Waals surface area contributed by atoms with Crippen LogP contribution in [0.25, 0.3) is 0 Å². The molecule has 42 valence electrons. The lowest BCUT2D eigenvalue weighted by atomic mass is 11.4. The Kier molecular flexibility index (Phi) is 12.0. The summed E-state index contributed by atoms with van der Waals surface area (Å²) in [5.74, 6) is 0. The summed E-state index contributed by atoms with van der Waals surface area (Å²) in [7, 11) is -2.61. The molecule has 0 spiro atoms. The molecule has 0 aliphatic rings. The molecule has 5 nitrogen and oxygen atoms in total. The molecule has 0 aromatic rings. The molecule has 0 aliphatic heterocycles. The predicted molar refractivity (Wildman–Crippen MR) is 24.6 cm³/mol. The van der Waals surface area contributed by atoms with Crippen LogP contribution in [-0.2, 0) is 10.5 Å². The van der Waals surface area contributed by atoms with Crippen molar-refractivity contribution in [3.05, 3.63) is 0 Å². The van der Waals surface area contributed by atoms with Crippen LogP contribution in [0.3, 0.4) is 0 Å². The highest BCUT2D eigenvalue weighted by Crippen LogP contribution is 1.15. The first-order valence-corrected chi connectivity index (χ1v) is 2.23. The topological polar surface area (TPSA) is 108 Å². The van der Waals surface area contributed by atoms with Gasteiger partial charge in [0.05, 0.1) is 6.34 Å². The molecular formula is CH5N3O2S. The Morgan fingerprint density at radius 1 is 1.57 bits per heavy atom. The lowest BCUT2D eigenvalue weighted by Gasteiger charge is -1.38. The van der Waals surface area contributed by atoms with E-state index in [-0.39, 0.29) is 0 Å². The summed E-state index contributed by atoms with van der Waals surface area (Å²) in [6.07, 6.45) is 0.750. The second-order valence-electron chi connectivity index (χ2n) is 0.401. The molecule has 6 heteroatoms. The van der Waals surface area contributed by atoms with Gasteiger partial charge in [0, 0.05) is 0 Å². The van der Waals surface area contributed by atoms with Gasteiger partial charge in [0.2, 0.25) is 0 Å². The Bertz CT molecular complexity index is 113. The van der Waals surface area contributed by atoms with Gasteiger partial charge in [0.1, 0.15) is 0 Å². The molecule has 7 heavy (non-hydrogen) atoms. The van der Waals surface area contributed by atoms with Gasteiger partial charge in [-0.2, -0.15) is 13.2 Å². The summed E-state index contributed by atoms with van der Waals surface area (Å²) in [5.41, 5.74) is 4.39. The first-order valence-electron chi connectivity index (χ1n) is 1.16. The highest BCUT2D eigenvalue weighted by molar-refractivity contribution is 7.60. The van der Waals surface area contributed by atoms with Gasteiger partial charge in [-0.3, -0.25) is 5.41 Å².